The smallest absolute Gasteiger partial charge is 0.374 e. The van der Waals surface area contributed by atoms with Gasteiger partial charge in [-0.2, -0.15) is 10.2 Å². The van der Waals surface area contributed by atoms with Crippen molar-refractivity contribution in [2.24, 2.45) is 0 Å². The Labute approximate surface area is 186 Å². The zero-order chi connectivity index (χ0) is 22.5. The van der Waals surface area contributed by atoms with Gasteiger partial charge in [0.2, 0.25) is 11.7 Å². The molecule has 1 aromatic heterocycles. The molecule has 1 fully saturated rings. The summed E-state index contributed by atoms with van der Waals surface area (Å²) in [5.74, 6) is -0.253. The number of anilines is 1. The number of rotatable bonds is 3. The van der Waals surface area contributed by atoms with E-state index in [-0.39, 0.29) is 11.9 Å². The third-order valence-electron chi connectivity index (χ3n) is 5.64. The van der Waals surface area contributed by atoms with Gasteiger partial charge >= 0.3 is 5.97 Å². The van der Waals surface area contributed by atoms with Crippen molar-refractivity contribution in [1.29, 1.82) is 5.26 Å². The summed E-state index contributed by atoms with van der Waals surface area (Å²) in [5, 5.41) is 22.5. The summed E-state index contributed by atoms with van der Waals surface area (Å²) in [6.45, 7) is 4.70. The number of hydrogen-bond donors (Lipinski definition) is 2. The van der Waals surface area contributed by atoms with Gasteiger partial charge in [0.25, 0.3) is 0 Å². The number of nitriles is 1. The Hall–Kier alpha value is -3.70. The van der Waals surface area contributed by atoms with Crippen molar-refractivity contribution < 1.29 is 14.6 Å². The maximum Gasteiger partial charge on any atom is 0.374 e. The third-order valence-corrected chi connectivity index (χ3v) is 5.64. The van der Waals surface area contributed by atoms with Gasteiger partial charge in [0.1, 0.15) is 11.9 Å². The van der Waals surface area contributed by atoms with E-state index in [1.807, 2.05) is 18.2 Å². The fourth-order valence-electron chi connectivity index (χ4n) is 4.22. The predicted octanol–water partition coefficient (Wildman–Crippen LogP) is 3.33. The molecule has 3 heterocycles. The number of benzene rings is 2. The second kappa shape index (κ2) is 9.62. The lowest BCUT2D eigenvalue weighted by molar-refractivity contribution is 0.0679. The molecule has 0 spiro atoms. The van der Waals surface area contributed by atoms with Crippen LogP contribution >= 0.6 is 0 Å². The Morgan fingerprint density at radius 2 is 1.91 bits per heavy atom. The molecule has 0 aliphatic carbocycles. The molecule has 0 saturated carbocycles. The van der Waals surface area contributed by atoms with Crippen molar-refractivity contribution in [3.63, 3.8) is 0 Å². The molecule has 164 valence electrons. The van der Waals surface area contributed by atoms with Crippen LogP contribution in [0.25, 0.3) is 10.8 Å². The lowest BCUT2D eigenvalue weighted by Gasteiger charge is -2.33. The zero-order valence-electron chi connectivity index (χ0n) is 17.9. The number of carboxylic acid groups (broad SMARTS) is 1. The second-order valence-electron chi connectivity index (χ2n) is 7.63. The Morgan fingerprint density at radius 1 is 1.19 bits per heavy atom. The Morgan fingerprint density at radius 3 is 2.66 bits per heavy atom. The van der Waals surface area contributed by atoms with Crippen molar-refractivity contribution in [2.75, 3.05) is 31.1 Å². The summed E-state index contributed by atoms with van der Waals surface area (Å²) >= 11 is 0. The molecule has 1 saturated heterocycles. The Balaban J connectivity index is 0.000000775. The number of carboxylic acids is 1. The topological polar surface area (TPSA) is 111 Å². The minimum Gasteiger partial charge on any atom is -0.475 e. The molecule has 5 rings (SSSR count). The summed E-state index contributed by atoms with van der Waals surface area (Å²) in [4.78, 5) is 22.4. The lowest BCUT2D eigenvalue weighted by Crippen LogP contribution is -2.44. The second-order valence-corrected chi connectivity index (χ2v) is 7.63. The minimum absolute atomic E-state index is 0.166. The fraction of sp³-hybridized carbons (Fsp3) is 0.333. The molecular weight excluding hydrogens is 406 g/mol. The predicted molar refractivity (Wildman–Crippen MR) is 121 cm³/mol. The van der Waals surface area contributed by atoms with Crippen LogP contribution in [0.1, 0.15) is 41.2 Å². The van der Waals surface area contributed by atoms with E-state index in [9.17, 15) is 9.90 Å². The van der Waals surface area contributed by atoms with Crippen LogP contribution in [0, 0.1) is 11.3 Å². The van der Waals surface area contributed by atoms with Gasteiger partial charge in [0.05, 0.1) is 11.6 Å². The van der Waals surface area contributed by atoms with Crippen LogP contribution < -0.4 is 15.0 Å². The van der Waals surface area contributed by atoms with Crippen LogP contribution in [-0.4, -0.2) is 47.2 Å². The number of aromatic carboxylic acids is 1. The third kappa shape index (κ3) is 4.34. The maximum absolute atomic E-state index is 11.6. The lowest BCUT2D eigenvalue weighted by atomic mass is 9.94. The van der Waals surface area contributed by atoms with E-state index in [4.69, 9.17) is 10.00 Å². The van der Waals surface area contributed by atoms with Gasteiger partial charge in [-0.25, -0.2) is 9.78 Å². The van der Waals surface area contributed by atoms with E-state index in [0.717, 1.165) is 60.9 Å². The molecule has 1 atom stereocenters. The summed E-state index contributed by atoms with van der Waals surface area (Å²) in [6, 6.07) is 16.2. The number of piperazine rings is 1. The monoisotopic (exact) mass is 431 g/mol. The molecule has 8 heteroatoms. The highest BCUT2D eigenvalue weighted by Gasteiger charge is 2.30. The fourth-order valence-corrected chi connectivity index (χ4v) is 4.22. The zero-order valence-corrected chi connectivity index (χ0v) is 17.9. The molecule has 2 aromatic carbocycles. The average Bonchev–Trinajstić information content (AvgIpc) is 2.83. The molecular formula is C24H25N5O3. The molecule has 2 aliphatic rings. The van der Waals surface area contributed by atoms with Crippen molar-refractivity contribution in [3.8, 4) is 11.9 Å². The molecule has 1 unspecified atom stereocenters. The highest BCUT2D eigenvalue weighted by atomic mass is 16.5. The van der Waals surface area contributed by atoms with Gasteiger partial charge < -0.3 is 20.1 Å². The van der Waals surface area contributed by atoms with E-state index >= 15 is 0 Å². The normalized spacial score (nSPS) is 17.4. The van der Waals surface area contributed by atoms with Crippen molar-refractivity contribution in [3.05, 3.63) is 59.4 Å². The Bertz CT molecular complexity index is 1160. The highest BCUT2D eigenvalue weighted by molar-refractivity contribution is 5.86. The minimum atomic E-state index is -1.14. The van der Waals surface area contributed by atoms with E-state index in [1.165, 1.54) is 6.92 Å². The van der Waals surface area contributed by atoms with Crippen LogP contribution in [-0.2, 0) is 6.42 Å². The number of hydrogen-bond acceptors (Lipinski definition) is 7. The largest absolute Gasteiger partial charge is 0.475 e. The molecule has 0 amide bonds. The average molecular weight is 431 g/mol. The molecule has 3 aromatic rings. The Kier molecular flexibility index (Phi) is 6.47. The molecule has 2 N–H and O–H groups in total. The maximum atomic E-state index is 11.6. The molecule has 0 radical (unpaired) electrons. The van der Waals surface area contributed by atoms with E-state index in [1.54, 1.807) is 6.07 Å². The van der Waals surface area contributed by atoms with Gasteiger partial charge in [0, 0.05) is 38.7 Å². The summed E-state index contributed by atoms with van der Waals surface area (Å²) in [6.07, 6.45) is 1.39. The van der Waals surface area contributed by atoms with Crippen LogP contribution in [0.3, 0.4) is 0 Å². The summed E-state index contributed by atoms with van der Waals surface area (Å²) in [5.41, 5.74) is 2.02. The molecule has 32 heavy (non-hydrogen) atoms. The van der Waals surface area contributed by atoms with Crippen LogP contribution in [0.5, 0.6) is 5.88 Å². The van der Waals surface area contributed by atoms with Gasteiger partial charge in [-0.1, -0.05) is 42.5 Å². The van der Waals surface area contributed by atoms with E-state index in [0.29, 0.717) is 11.7 Å². The van der Waals surface area contributed by atoms with Crippen LogP contribution in [0.4, 0.5) is 5.82 Å². The number of carbonyl (C=O) groups is 1. The van der Waals surface area contributed by atoms with Crippen molar-refractivity contribution in [2.45, 2.75) is 25.9 Å². The first-order valence-corrected chi connectivity index (χ1v) is 10.7. The highest BCUT2D eigenvalue weighted by Crippen LogP contribution is 2.39. The standard InChI is InChI=1S/C22H22N4O3.C2H3N/c27-22(28)19-24-20(26-12-10-23-11-13-26)17-8-9-18(29-21(17)25-19)16-7-3-5-14-4-1-2-6-15(14)16;1-2-3/h1-7,18,23H,8-13H2,(H,27,28);1H3. The first kappa shape index (κ1) is 21.5. The van der Waals surface area contributed by atoms with Gasteiger partial charge in [-0.3, -0.25) is 0 Å². The first-order valence-electron chi connectivity index (χ1n) is 10.7. The first-order chi connectivity index (χ1) is 15.6. The SMILES string of the molecule is CC#N.O=C(O)c1nc2c(c(N3CCNCC3)n1)CCC(c1cccc3ccccc13)O2. The van der Waals surface area contributed by atoms with Crippen LogP contribution in [0.15, 0.2) is 42.5 Å². The number of ether oxygens (including phenoxy) is 1. The van der Waals surface area contributed by atoms with Crippen molar-refractivity contribution in [1.82, 2.24) is 15.3 Å². The number of nitrogens with one attached hydrogen (secondary N) is 1. The van der Waals surface area contributed by atoms with Gasteiger partial charge in [-0.15, -0.1) is 0 Å². The van der Waals surface area contributed by atoms with Crippen LogP contribution in [0.2, 0.25) is 0 Å². The number of fused-ring (bicyclic) bond motifs is 2. The van der Waals surface area contributed by atoms with Gasteiger partial charge in [0.15, 0.2) is 0 Å². The van der Waals surface area contributed by atoms with Crippen molar-refractivity contribution >= 4 is 22.6 Å². The van der Waals surface area contributed by atoms with Gasteiger partial charge in [-0.05, 0) is 23.6 Å². The summed E-state index contributed by atoms with van der Waals surface area (Å²) < 4.78 is 6.29. The molecule has 0 bridgehead atoms. The summed E-state index contributed by atoms with van der Waals surface area (Å²) in [7, 11) is 0. The molecule has 2 aliphatic heterocycles. The number of nitrogens with zero attached hydrogens (tertiary/aromatic N) is 4. The molecule has 8 nitrogen and oxygen atoms in total. The van der Waals surface area contributed by atoms with E-state index in [2.05, 4.69) is 44.5 Å². The number of aromatic nitrogens is 2. The van der Waals surface area contributed by atoms with E-state index < -0.39 is 5.97 Å². The quantitative estimate of drug-likeness (QED) is 0.650.